The van der Waals surface area contributed by atoms with E-state index in [1.807, 2.05) is 0 Å². The quantitative estimate of drug-likeness (QED) is 0.872. The van der Waals surface area contributed by atoms with Crippen molar-refractivity contribution in [3.05, 3.63) is 70.6 Å². The van der Waals surface area contributed by atoms with Gasteiger partial charge in [-0.3, -0.25) is 14.4 Å². The molecular formula is C20H17NO4S. The zero-order chi connectivity index (χ0) is 18.7. The maximum Gasteiger partial charge on any atom is 0.237 e. The summed E-state index contributed by atoms with van der Waals surface area (Å²) in [5, 5.41) is 2.23. The number of thioether (sulfide) groups is 1. The highest BCUT2D eigenvalue weighted by Crippen LogP contribution is 2.32. The Morgan fingerprint density at radius 3 is 2.42 bits per heavy atom. The Labute approximate surface area is 155 Å². The third-order valence-corrected chi connectivity index (χ3v) is 5.09. The summed E-state index contributed by atoms with van der Waals surface area (Å²) in [7, 11) is 1.53. The van der Waals surface area contributed by atoms with Crippen molar-refractivity contribution in [2.24, 2.45) is 0 Å². The first-order valence-corrected chi connectivity index (χ1v) is 8.89. The lowest BCUT2D eigenvalue weighted by molar-refractivity contribution is -0.115. The molecule has 1 unspecified atom stereocenters. The molecule has 1 N–H and O–H groups in total. The maximum atomic E-state index is 12.6. The molecule has 0 heterocycles. The largest absolute Gasteiger partial charge is 0.495 e. The summed E-state index contributed by atoms with van der Waals surface area (Å²) >= 11 is 1.07. The van der Waals surface area contributed by atoms with Gasteiger partial charge in [0.05, 0.1) is 23.0 Å². The van der Waals surface area contributed by atoms with E-state index < -0.39 is 5.25 Å². The third-order valence-electron chi connectivity index (χ3n) is 3.96. The van der Waals surface area contributed by atoms with Gasteiger partial charge in [0.25, 0.3) is 0 Å². The molecule has 0 saturated carbocycles. The summed E-state index contributed by atoms with van der Waals surface area (Å²) in [6.07, 6.45) is 1.31. The number of Topliss-reactive ketones (excluding diaryl/α,β-unsaturated/α-hetero) is 1. The summed E-state index contributed by atoms with van der Waals surface area (Å²) in [5.41, 5.74) is 1.32. The molecule has 0 aromatic heterocycles. The Hall–Kier alpha value is -2.86. The smallest absolute Gasteiger partial charge is 0.237 e. The second-order valence-corrected chi connectivity index (χ2v) is 7.08. The molecule has 132 valence electrons. The molecule has 1 aliphatic rings. The first-order chi connectivity index (χ1) is 12.5. The van der Waals surface area contributed by atoms with Crippen LogP contribution >= 0.6 is 11.8 Å². The number of hydrogen-bond donors (Lipinski definition) is 1. The number of ketones is 2. The average molecular weight is 367 g/mol. The lowest BCUT2D eigenvalue weighted by Gasteiger charge is -2.18. The molecule has 0 saturated heterocycles. The Balaban J connectivity index is 1.74. The van der Waals surface area contributed by atoms with Gasteiger partial charge in [-0.15, -0.1) is 11.8 Å². The fraction of sp³-hybridized carbons (Fsp3) is 0.150. The Morgan fingerprint density at radius 2 is 1.69 bits per heavy atom. The van der Waals surface area contributed by atoms with Crippen LogP contribution in [0.3, 0.4) is 0 Å². The van der Waals surface area contributed by atoms with Crippen LogP contribution in [0.2, 0.25) is 0 Å². The van der Waals surface area contributed by atoms with E-state index in [0.717, 1.165) is 11.8 Å². The summed E-state index contributed by atoms with van der Waals surface area (Å²) in [6, 6.07) is 13.8. The highest BCUT2D eigenvalue weighted by atomic mass is 32.2. The summed E-state index contributed by atoms with van der Waals surface area (Å²) in [4.78, 5) is 37.5. The number of carbonyl (C=O) groups is 3. The van der Waals surface area contributed by atoms with E-state index in [1.54, 1.807) is 55.5 Å². The van der Waals surface area contributed by atoms with Crippen molar-refractivity contribution in [1.82, 2.24) is 0 Å². The van der Waals surface area contributed by atoms with Crippen LogP contribution < -0.4 is 10.1 Å². The molecule has 1 amide bonds. The molecule has 6 heteroatoms. The van der Waals surface area contributed by atoms with E-state index >= 15 is 0 Å². The zero-order valence-electron chi connectivity index (χ0n) is 14.3. The van der Waals surface area contributed by atoms with Gasteiger partial charge in [0, 0.05) is 17.2 Å². The van der Waals surface area contributed by atoms with Crippen molar-refractivity contribution in [2.45, 2.75) is 12.2 Å². The molecule has 5 nitrogen and oxygen atoms in total. The minimum Gasteiger partial charge on any atom is -0.495 e. The monoisotopic (exact) mass is 367 g/mol. The van der Waals surface area contributed by atoms with E-state index in [-0.39, 0.29) is 22.4 Å². The minimum atomic E-state index is -0.562. The van der Waals surface area contributed by atoms with Gasteiger partial charge in [-0.25, -0.2) is 0 Å². The number of amides is 1. The average Bonchev–Trinajstić information content (AvgIpc) is 2.66. The second-order valence-electron chi connectivity index (χ2n) is 5.70. The number of ether oxygens (including phenoxy) is 1. The van der Waals surface area contributed by atoms with Crippen molar-refractivity contribution in [3.63, 3.8) is 0 Å². The number of methoxy groups -OCH3 is 1. The number of para-hydroxylation sites is 2. The van der Waals surface area contributed by atoms with Crippen LogP contribution in [0.4, 0.5) is 5.69 Å². The Bertz CT molecular complexity index is 920. The number of nitrogens with one attached hydrogen (secondary N) is 1. The minimum absolute atomic E-state index is 0.222. The molecule has 2 aromatic carbocycles. The van der Waals surface area contributed by atoms with Crippen LogP contribution in [0, 0.1) is 0 Å². The number of allylic oxidation sites excluding steroid dienone is 2. The lowest BCUT2D eigenvalue weighted by Crippen LogP contribution is -2.25. The number of anilines is 1. The van der Waals surface area contributed by atoms with E-state index in [2.05, 4.69) is 5.32 Å². The molecule has 26 heavy (non-hydrogen) atoms. The molecule has 0 bridgehead atoms. The first kappa shape index (κ1) is 17.9. The van der Waals surface area contributed by atoms with Crippen molar-refractivity contribution in [1.29, 1.82) is 0 Å². The van der Waals surface area contributed by atoms with Crippen LogP contribution in [0.15, 0.2) is 59.5 Å². The topological polar surface area (TPSA) is 72.5 Å². The molecule has 3 rings (SSSR count). The van der Waals surface area contributed by atoms with Crippen LogP contribution in [-0.4, -0.2) is 29.8 Å². The van der Waals surface area contributed by atoms with Gasteiger partial charge in [-0.2, -0.15) is 0 Å². The van der Waals surface area contributed by atoms with Crippen LogP contribution in [0.25, 0.3) is 0 Å². The molecule has 1 aliphatic carbocycles. The van der Waals surface area contributed by atoms with Crippen molar-refractivity contribution >= 4 is 34.9 Å². The predicted molar refractivity (Wildman–Crippen MR) is 102 cm³/mol. The van der Waals surface area contributed by atoms with Gasteiger partial charge in [0.2, 0.25) is 5.91 Å². The lowest BCUT2D eigenvalue weighted by atomic mass is 9.95. The van der Waals surface area contributed by atoms with E-state index in [4.69, 9.17) is 4.74 Å². The van der Waals surface area contributed by atoms with E-state index in [9.17, 15) is 14.4 Å². The standard InChI is InChI=1S/C20H17NO4S/c1-12(20(24)21-15-9-5-6-10-17(15)25-2)26-18-11-16(22)13-7-3-4-8-14(13)19(18)23/h3-12H,1-2H3,(H,21,24). The fourth-order valence-corrected chi connectivity index (χ4v) is 3.54. The van der Waals surface area contributed by atoms with Gasteiger partial charge in [-0.05, 0) is 19.1 Å². The summed E-state index contributed by atoms with van der Waals surface area (Å²) in [5.74, 6) is -0.184. The Morgan fingerprint density at radius 1 is 1.04 bits per heavy atom. The number of carbonyl (C=O) groups excluding carboxylic acids is 3. The van der Waals surface area contributed by atoms with Crippen molar-refractivity contribution < 1.29 is 19.1 Å². The van der Waals surface area contributed by atoms with Gasteiger partial charge in [0.1, 0.15) is 5.75 Å². The van der Waals surface area contributed by atoms with Gasteiger partial charge in [-0.1, -0.05) is 36.4 Å². The van der Waals surface area contributed by atoms with Crippen LogP contribution in [0.1, 0.15) is 27.6 Å². The molecule has 0 aliphatic heterocycles. The molecular weight excluding hydrogens is 350 g/mol. The van der Waals surface area contributed by atoms with Gasteiger partial charge < -0.3 is 10.1 Å². The van der Waals surface area contributed by atoms with Gasteiger partial charge >= 0.3 is 0 Å². The third kappa shape index (κ3) is 3.55. The van der Waals surface area contributed by atoms with E-state index in [1.165, 1.54) is 13.2 Å². The molecule has 1 atom stereocenters. The van der Waals surface area contributed by atoms with Gasteiger partial charge in [0.15, 0.2) is 11.6 Å². The Kier molecular flexibility index (Phi) is 5.23. The molecule has 2 aromatic rings. The van der Waals surface area contributed by atoms with Crippen molar-refractivity contribution in [2.75, 3.05) is 12.4 Å². The number of rotatable bonds is 5. The first-order valence-electron chi connectivity index (χ1n) is 8.01. The second kappa shape index (κ2) is 7.58. The zero-order valence-corrected chi connectivity index (χ0v) is 15.1. The van der Waals surface area contributed by atoms with E-state index in [0.29, 0.717) is 22.6 Å². The normalized spacial score (nSPS) is 14.3. The van der Waals surface area contributed by atoms with Crippen LogP contribution in [-0.2, 0) is 4.79 Å². The number of benzene rings is 2. The predicted octanol–water partition coefficient (Wildman–Crippen LogP) is 3.72. The number of hydrogen-bond acceptors (Lipinski definition) is 5. The SMILES string of the molecule is COc1ccccc1NC(=O)C(C)SC1=CC(=O)c2ccccc2C1=O. The maximum absolute atomic E-state index is 12.6. The highest BCUT2D eigenvalue weighted by Gasteiger charge is 2.28. The summed E-state index contributed by atoms with van der Waals surface area (Å²) < 4.78 is 5.21. The molecule has 0 radical (unpaired) electrons. The fourth-order valence-electron chi connectivity index (χ4n) is 2.60. The number of fused-ring (bicyclic) bond motifs is 1. The summed E-state index contributed by atoms with van der Waals surface area (Å²) in [6.45, 7) is 1.69. The van der Waals surface area contributed by atoms with Crippen LogP contribution in [0.5, 0.6) is 5.75 Å². The van der Waals surface area contributed by atoms with Crippen molar-refractivity contribution in [3.8, 4) is 5.75 Å². The highest BCUT2D eigenvalue weighted by molar-refractivity contribution is 8.05. The molecule has 0 spiro atoms. The molecule has 0 fully saturated rings.